The van der Waals surface area contributed by atoms with Crippen molar-refractivity contribution in [2.75, 3.05) is 13.1 Å². The molecular formula is C23H24F3N3O3. The Balaban J connectivity index is 0.000000360. The van der Waals surface area contributed by atoms with Crippen LogP contribution < -0.4 is 5.43 Å². The van der Waals surface area contributed by atoms with Gasteiger partial charge in [-0.25, -0.2) is 4.79 Å². The topological polar surface area (TPSA) is 86.3 Å². The van der Waals surface area contributed by atoms with Crippen molar-refractivity contribution in [3.8, 4) is 0 Å². The van der Waals surface area contributed by atoms with Crippen LogP contribution in [0.3, 0.4) is 0 Å². The number of fused-ring (bicyclic) bond motifs is 1. The number of carboxylic acid groups (broad SMARTS) is 1. The first-order valence-corrected chi connectivity index (χ1v) is 10.2. The number of H-pyrrole nitrogens is 1. The molecule has 6 nitrogen and oxygen atoms in total. The molecule has 2 aromatic heterocycles. The molecule has 0 atom stereocenters. The summed E-state index contributed by atoms with van der Waals surface area (Å²) in [5.41, 5.74) is 4.44. The zero-order chi connectivity index (χ0) is 23.3. The lowest BCUT2D eigenvalue weighted by Gasteiger charge is -2.32. The molecule has 9 heteroatoms. The number of benzene rings is 1. The lowest BCUT2D eigenvalue weighted by molar-refractivity contribution is -0.192. The van der Waals surface area contributed by atoms with Gasteiger partial charge in [0.25, 0.3) is 0 Å². The number of pyridine rings is 2. The van der Waals surface area contributed by atoms with Gasteiger partial charge < -0.3 is 10.1 Å². The number of nitrogens with zero attached hydrogens (tertiary/aromatic N) is 2. The van der Waals surface area contributed by atoms with Crippen LogP contribution in [0.4, 0.5) is 13.2 Å². The molecule has 1 aliphatic rings. The second kappa shape index (κ2) is 9.95. The first-order valence-electron chi connectivity index (χ1n) is 10.2. The summed E-state index contributed by atoms with van der Waals surface area (Å²) in [6.07, 6.45) is -0.776. The molecule has 0 unspecified atom stereocenters. The number of aromatic amines is 1. The van der Waals surface area contributed by atoms with Crippen molar-refractivity contribution in [1.82, 2.24) is 14.9 Å². The number of piperidine rings is 1. The van der Waals surface area contributed by atoms with Crippen molar-refractivity contribution < 1.29 is 23.1 Å². The van der Waals surface area contributed by atoms with Crippen LogP contribution in [0.5, 0.6) is 0 Å². The molecule has 0 saturated carbocycles. The summed E-state index contributed by atoms with van der Waals surface area (Å²) in [5, 5.41) is 7.89. The zero-order valence-electron chi connectivity index (χ0n) is 17.5. The highest BCUT2D eigenvalue weighted by atomic mass is 19.4. The van der Waals surface area contributed by atoms with Gasteiger partial charge in [-0.05, 0) is 62.5 Å². The van der Waals surface area contributed by atoms with Crippen LogP contribution in [0, 0.1) is 6.92 Å². The van der Waals surface area contributed by atoms with E-state index in [4.69, 9.17) is 9.90 Å². The van der Waals surface area contributed by atoms with Crippen LogP contribution >= 0.6 is 0 Å². The van der Waals surface area contributed by atoms with E-state index in [9.17, 15) is 18.0 Å². The molecule has 1 aliphatic heterocycles. The predicted octanol–water partition coefficient (Wildman–Crippen LogP) is 4.24. The Morgan fingerprint density at radius 2 is 1.84 bits per heavy atom. The third-order valence-electron chi connectivity index (χ3n) is 5.42. The van der Waals surface area contributed by atoms with Gasteiger partial charge >= 0.3 is 12.1 Å². The van der Waals surface area contributed by atoms with Gasteiger partial charge in [0.05, 0.1) is 0 Å². The van der Waals surface area contributed by atoms with E-state index in [-0.39, 0.29) is 5.43 Å². The van der Waals surface area contributed by atoms with E-state index in [1.807, 2.05) is 37.4 Å². The molecule has 1 aromatic carbocycles. The molecular weight excluding hydrogens is 423 g/mol. The largest absolute Gasteiger partial charge is 0.490 e. The third-order valence-corrected chi connectivity index (χ3v) is 5.42. The van der Waals surface area contributed by atoms with E-state index in [1.165, 1.54) is 5.56 Å². The number of aryl methyl sites for hydroxylation is 1. The Morgan fingerprint density at radius 1 is 1.19 bits per heavy atom. The second-order valence-electron chi connectivity index (χ2n) is 7.79. The Morgan fingerprint density at radius 3 is 2.44 bits per heavy atom. The summed E-state index contributed by atoms with van der Waals surface area (Å²) in [5.74, 6) is -2.16. The quantitative estimate of drug-likeness (QED) is 0.627. The number of carbonyl (C=O) groups is 1. The van der Waals surface area contributed by atoms with Gasteiger partial charge in [-0.1, -0.05) is 18.2 Å². The van der Waals surface area contributed by atoms with Crippen molar-refractivity contribution in [2.45, 2.75) is 38.4 Å². The fourth-order valence-electron chi connectivity index (χ4n) is 3.72. The van der Waals surface area contributed by atoms with E-state index in [1.54, 1.807) is 6.07 Å². The van der Waals surface area contributed by atoms with E-state index in [0.717, 1.165) is 54.8 Å². The number of hydrogen-bond donors (Lipinski definition) is 2. The maximum Gasteiger partial charge on any atom is 0.490 e. The molecule has 3 heterocycles. The van der Waals surface area contributed by atoms with E-state index in [2.05, 4.69) is 27.0 Å². The standard InChI is InChI=1S/C21H23N3O.C2HF3O2/c1-15-6-7-17(13-22-15)16-8-10-24(11-9-16)14-18-12-21(25)19-4-2-3-5-20(19)23-18;3-2(4,5)1(6)7/h2-7,12-13,16H,8-11,14H2,1H3,(H,23,25);(H,6,7). The molecule has 170 valence electrons. The minimum absolute atomic E-state index is 0.102. The molecule has 0 spiro atoms. The summed E-state index contributed by atoms with van der Waals surface area (Å²) < 4.78 is 31.7. The van der Waals surface area contributed by atoms with Crippen LogP contribution in [0.25, 0.3) is 10.9 Å². The number of halogens is 3. The maximum atomic E-state index is 12.3. The van der Waals surface area contributed by atoms with E-state index < -0.39 is 12.1 Å². The molecule has 3 aromatic rings. The molecule has 0 radical (unpaired) electrons. The average molecular weight is 447 g/mol. The van der Waals surface area contributed by atoms with Crippen molar-refractivity contribution in [2.24, 2.45) is 0 Å². The SMILES string of the molecule is Cc1ccc(C2CCN(Cc3cc(=O)c4ccccc4[nH]3)CC2)cn1.O=C(O)C(F)(F)F. The normalized spacial score (nSPS) is 15.2. The molecule has 2 N–H and O–H groups in total. The number of alkyl halides is 3. The average Bonchev–Trinajstić information content (AvgIpc) is 2.75. The van der Waals surface area contributed by atoms with Gasteiger partial charge in [0, 0.05) is 41.1 Å². The monoisotopic (exact) mass is 447 g/mol. The van der Waals surface area contributed by atoms with Crippen molar-refractivity contribution in [1.29, 1.82) is 0 Å². The Bertz CT molecular complexity index is 1120. The number of nitrogens with one attached hydrogen (secondary N) is 1. The number of likely N-dealkylation sites (tertiary alicyclic amines) is 1. The molecule has 32 heavy (non-hydrogen) atoms. The minimum atomic E-state index is -5.08. The smallest absolute Gasteiger partial charge is 0.475 e. The molecule has 1 saturated heterocycles. The summed E-state index contributed by atoms with van der Waals surface area (Å²) >= 11 is 0. The van der Waals surface area contributed by atoms with Gasteiger partial charge in [-0.3, -0.25) is 14.7 Å². The zero-order valence-corrected chi connectivity index (χ0v) is 17.5. The molecule has 0 aliphatic carbocycles. The first kappa shape index (κ1) is 23.5. The van der Waals surface area contributed by atoms with Gasteiger partial charge in [0.1, 0.15) is 0 Å². The Kier molecular flexibility index (Phi) is 7.29. The number of hydrogen-bond acceptors (Lipinski definition) is 4. The molecule has 4 rings (SSSR count). The van der Waals surface area contributed by atoms with Crippen molar-refractivity contribution >= 4 is 16.9 Å². The number of rotatable bonds is 3. The van der Waals surface area contributed by atoms with Crippen LogP contribution in [-0.4, -0.2) is 45.2 Å². The molecule has 1 fully saturated rings. The van der Waals surface area contributed by atoms with Gasteiger partial charge in [-0.2, -0.15) is 13.2 Å². The highest BCUT2D eigenvalue weighted by molar-refractivity contribution is 5.78. The summed E-state index contributed by atoms with van der Waals surface area (Å²) in [4.78, 5) is 31.4. The Labute approximate surface area is 182 Å². The lowest BCUT2D eigenvalue weighted by atomic mass is 9.90. The predicted molar refractivity (Wildman–Crippen MR) is 114 cm³/mol. The number of para-hydroxylation sites is 1. The van der Waals surface area contributed by atoms with Crippen molar-refractivity contribution in [3.05, 3.63) is 75.8 Å². The summed E-state index contributed by atoms with van der Waals surface area (Å²) in [7, 11) is 0. The van der Waals surface area contributed by atoms with Crippen LogP contribution in [0.2, 0.25) is 0 Å². The van der Waals surface area contributed by atoms with Gasteiger partial charge in [0.15, 0.2) is 5.43 Å². The van der Waals surface area contributed by atoms with Crippen LogP contribution in [0.1, 0.15) is 35.7 Å². The number of carboxylic acids is 1. The van der Waals surface area contributed by atoms with E-state index >= 15 is 0 Å². The van der Waals surface area contributed by atoms with Crippen molar-refractivity contribution in [3.63, 3.8) is 0 Å². The fraction of sp³-hybridized carbons (Fsp3) is 0.348. The fourth-order valence-corrected chi connectivity index (χ4v) is 3.72. The third kappa shape index (κ3) is 6.16. The molecule has 0 amide bonds. The van der Waals surface area contributed by atoms with Crippen LogP contribution in [-0.2, 0) is 11.3 Å². The number of aromatic nitrogens is 2. The Hall–Kier alpha value is -3.20. The summed E-state index contributed by atoms with van der Waals surface area (Å²) in [6, 6.07) is 13.8. The highest BCUT2D eigenvalue weighted by Gasteiger charge is 2.38. The minimum Gasteiger partial charge on any atom is -0.475 e. The second-order valence-corrected chi connectivity index (χ2v) is 7.79. The van der Waals surface area contributed by atoms with Crippen LogP contribution in [0.15, 0.2) is 53.5 Å². The maximum absolute atomic E-state index is 12.3. The molecule has 0 bridgehead atoms. The van der Waals surface area contributed by atoms with E-state index in [0.29, 0.717) is 5.92 Å². The van der Waals surface area contributed by atoms with Gasteiger partial charge in [-0.15, -0.1) is 0 Å². The van der Waals surface area contributed by atoms with Gasteiger partial charge in [0.2, 0.25) is 0 Å². The first-order chi connectivity index (χ1) is 15.1. The number of aliphatic carboxylic acids is 1. The highest BCUT2D eigenvalue weighted by Crippen LogP contribution is 2.28. The summed E-state index contributed by atoms with van der Waals surface area (Å²) in [6.45, 7) is 4.93. The lowest BCUT2D eigenvalue weighted by Crippen LogP contribution is -2.33.